The van der Waals surface area contributed by atoms with Gasteiger partial charge in [-0.25, -0.2) is 4.98 Å². The molecular formula is C18H15N3O4S3. The Morgan fingerprint density at radius 3 is 3.04 bits per heavy atom. The Labute approximate surface area is 174 Å². The molecule has 144 valence electrons. The number of ether oxygens (including phenoxy) is 2. The van der Waals surface area contributed by atoms with Crippen LogP contribution in [0.25, 0.3) is 6.08 Å². The molecule has 1 N–H and O–H groups in total. The summed E-state index contributed by atoms with van der Waals surface area (Å²) in [6, 6.07) is 5.51. The van der Waals surface area contributed by atoms with Crippen molar-refractivity contribution in [3.63, 3.8) is 0 Å². The lowest BCUT2D eigenvalue weighted by Gasteiger charge is -2.13. The maximum Gasteiger partial charge on any atom is 0.266 e. The van der Waals surface area contributed by atoms with Gasteiger partial charge < -0.3 is 14.8 Å². The van der Waals surface area contributed by atoms with E-state index in [1.807, 2.05) is 18.2 Å². The van der Waals surface area contributed by atoms with Gasteiger partial charge in [-0.15, -0.1) is 11.3 Å². The monoisotopic (exact) mass is 433 g/mol. The lowest BCUT2D eigenvalue weighted by Crippen LogP contribution is -2.29. The third-order valence-electron chi connectivity index (χ3n) is 4.03. The number of benzene rings is 1. The van der Waals surface area contributed by atoms with E-state index in [0.717, 1.165) is 5.56 Å². The lowest BCUT2D eigenvalue weighted by molar-refractivity contribution is -0.122. The summed E-state index contributed by atoms with van der Waals surface area (Å²) in [5, 5.41) is 5.09. The van der Waals surface area contributed by atoms with Crippen LogP contribution in [0.4, 0.5) is 5.13 Å². The van der Waals surface area contributed by atoms with Gasteiger partial charge in [0.15, 0.2) is 16.6 Å². The number of fused-ring (bicyclic) bond motifs is 1. The molecule has 3 heterocycles. The number of nitrogens with one attached hydrogen (secondary N) is 1. The second-order valence-corrected chi connectivity index (χ2v) is 8.51. The molecule has 0 spiro atoms. The first kappa shape index (κ1) is 18.9. The van der Waals surface area contributed by atoms with Gasteiger partial charge in [-0.05, 0) is 30.2 Å². The number of amides is 2. The van der Waals surface area contributed by atoms with Crippen LogP contribution in [0.2, 0.25) is 0 Å². The van der Waals surface area contributed by atoms with E-state index in [1.54, 1.807) is 17.7 Å². The van der Waals surface area contributed by atoms with Crippen molar-refractivity contribution in [3.8, 4) is 11.5 Å². The molecule has 2 aliphatic rings. The highest BCUT2D eigenvalue weighted by atomic mass is 32.2. The number of nitrogens with zero attached hydrogens (tertiary/aromatic N) is 2. The van der Waals surface area contributed by atoms with Gasteiger partial charge in [0, 0.05) is 24.5 Å². The second kappa shape index (κ2) is 8.29. The highest BCUT2D eigenvalue weighted by Gasteiger charge is 2.31. The summed E-state index contributed by atoms with van der Waals surface area (Å²) in [6.07, 6.45) is 4.22. The SMILES string of the molecule is O=C(CCCN1C(=O)/C(=C/c2ccc3c(c2)OCO3)SC1=S)Nc1nccs1. The molecule has 0 atom stereocenters. The second-order valence-electron chi connectivity index (χ2n) is 5.94. The molecule has 0 aliphatic carbocycles. The van der Waals surface area contributed by atoms with Gasteiger partial charge in [0.05, 0.1) is 4.91 Å². The number of rotatable bonds is 6. The van der Waals surface area contributed by atoms with Crippen molar-refractivity contribution in [2.75, 3.05) is 18.7 Å². The van der Waals surface area contributed by atoms with Gasteiger partial charge in [0.1, 0.15) is 4.32 Å². The average Bonchev–Trinajstić information content (AvgIpc) is 3.39. The van der Waals surface area contributed by atoms with Crippen LogP contribution in [0.5, 0.6) is 11.5 Å². The van der Waals surface area contributed by atoms with Gasteiger partial charge in [-0.1, -0.05) is 30.0 Å². The summed E-state index contributed by atoms with van der Waals surface area (Å²) in [4.78, 5) is 30.7. The molecule has 2 aromatic rings. The first-order chi connectivity index (χ1) is 13.6. The van der Waals surface area contributed by atoms with Gasteiger partial charge in [-0.2, -0.15) is 0 Å². The molecule has 1 saturated heterocycles. The molecule has 4 rings (SSSR count). The molecular weight excluding hydrogens is 418 g/mol. The van der Waals surface area contributed by atoms with Crippen LogP contribution in [0.3, 0.4) is 0 Å². The number of thioether (sulfide) groups is 1. The van der Waals surface area contributed by atoms with Crippen LogP contribution < -0.4 is 14.8 Å². The number of hydrogen-bond acceptors (Lipinski definition) is 8. The average molecular weight is 434 g/mol. The topological polar surface area (TPSA) is 80.8 Å². The maximum absolute atomic E-state index is 12.7. The highest BCUT2D eigenvalue weighted by Crippen LogP contribution is 2.36. The number of thiazole rings is 1. The lowest BCUT2D eigenvalue weighted by atomic mass is 10.2. The molecule has 0 radical (unpaired) electrons. The predicted molar refractivity (Wildman–Crippen MR) is 112 cm³/mol. The van der Waals surface area contributed by atoms with Crippen molar-refractivity contribution in [2.24, 2.45) is 0 Å². The van der Waals surface area contributed by atoms with Crippen LogP contribution in [0, 0.1) is 0 Å². The summed E-state index contributed by atoms with van der Waals surface area (Å²) in [7, 11) is 0. The highest BCUT2D eigenvalue weighted by molar-refractivity contribution is 8.26. The fraction of sp³-hybridized carbons (Fsp3) is 0.222. The molecule has 10 heteroatoms. The first-order valence-corrected chi connectivity index (χ1v) is 10.5. The van der Waals surface area contributed by atoms with Gasteiger partial charge in [0.2, 0.25) is 12.7 Å². The molecule has 2 aliphatic heterocycles. The van der Waals surface area contributed by atoms with Crippen molar-refractivity contribution >= 4 is 62.7 Å². The number of carbonyl (C=O) groups is 2. The van der Waals surface area contributed by atoms with Crippen LogP contribution in [-0.4, -0.2) is 39.4 Å². The first-order valence-electron chi connectivity index (χ1n) is 8.44. The molecule has 1 fully saturated rings. The number of carbonyl (C=O) groups excluding carboxylic acids is 2. The van der Waals surface area contributed by atoms with Gasteiger partial charge in [-0.3, -0.25) is 14.5 Å². The predicted octanol–water partition coefficient (Wildman–Crippen LogP) is 3.49. The van der Waals surface area contributed by atoms with Crippen LogP contribution in [0.1, 0.15) is 18.4 Å². The molecule has 1 aromatic carbocycles. The van der Waals surface area contributed by atoms with Crippen LogP contribution in [0.15, 0.2) is 34.7 Å². The van der Waals surface area contributed by atoms with Crippen molar-refractivity contribution in [3.05, 3.63) is 40.2 Å². The number of thiocarbonyl (C=S) groups is 1. The quantitative estimate of drug-likeness (QED) is 0.552. The Morgan fingerprint density at radius 1 is 1.36 bits per heavy atom. The minimum atomic E-state index is -0.145. The number of hydrogen-bond donors (Lipinski definition) is 1. The largest absolute Gasteiger partial charge is 0.454 e. The van der Waals surface area contributed by atoms with E-state index in [9.17, 15) is 9.59 Å². The zero-order valence-corrected chi connectivity index (χ0v) is 17.0. The fourth-order valence-electron chi connectivity index (χ4n) is 2.71. The summed E-state index contributed by atoms with van der Waals surface area (Å²) in [5.41, 5.74) is 0.840. The minimum Gasteiger partial charge on any atom is -0.454 e. The van der Waals surface area contributed by atoms with E-state index >= 15 is 0 Å². The normalized spacial score (nSPS) is 16.9. The Morgan fingerprint density at radius 2 is 2.21 bits per heavy atom. The van der Waals surface area contributed by atoms with Crippen LogP contribution >= 0.6 is 35.3 Å². The van der Waals surface area contributed by atoms with Crippen LogP contribution in [-0.2, 0) is 9.59 Å². The number of aromatic nitrogens is 1. The summed E-state index contributed by atoms with van der Waals surface area (Å²) < 4.78 is 11.2. The summed E-state index contributed by atoms with van der Waals surface area (Å²) in [6.45, 7) is 0.603. The molecule has 2 amide bonds. The molecule has 7 nitrogen and oxygen atoms in total. The maximum atomic E-state index is 12.7. The van der Waals surface area contributed by atoms with E-state index < -0.39 is 0 Å². The standard InChI is InChI=1S/C18H15N3O4S3/c22-15(20-17-19-5-7-27-17)2-1-6-21-16(23)14(28-18(21)26)9-11-3-4-12-13(8-11)25-10-24-12/h3-5,7-9H,1-2,6,10H2,(H,19,20,22)/b14-9-. The van der Waals surface area contributed by atoms with Gasteiger partial charge in [0.25, 0.3) is 5.91 Å². The third-order valence-corrected chi connectivity index (χ3v) is 6.10. The Balaban J connectivity index is 1.34. The van der Waals surface area contributed by atoms with E-state index in [-0.39, 0.29) is 25.0 Å². The Hall–Kier alpha value is -2.43. The van der Waals surface area contributed by atoms with Crippen molar-refractivity contribution < 1.29 is 19.1 Å². The molecule has 28 heavy (non-hydrogen) atoms. The molecule has 0 bridgehead atoms. The van der Waals surface area contributed by atoms with Crippen molar-refractivity contribution in [1.29, 1.82) is 0 Å². The fourth-order valence-corrected chi connectivity index (χ4v) is 4.57. The van der Waals surface area contributed by atoms with E-state index in [1.165, 1.54) is 28.0 Å². The molecule has 0 unspecified atom stereocenters. The summed E-state index contributed by atoms with van der Waals surface area (Å²) >= 11 is 7.96. The Bertz CT molecular complexity index is 959. The zero-order valence-electron chi connectivity index (χ0n) is 14.5. The minimum absolute atomic E-state index is 0.128. The van der Waals surface area contributed by atoms with E-state index in [0.29, 0.717) is 38.8 Å². The number of anilines is 1. The van der Waals surface area contributed by atoms with Crippen molar-refractivity contribution in [1.82, 2.24) is 9.88 Å². The Kier molecular flexibility index (Phi) is 5.60. The van der Waals surface area contributed by atoms with Gasteiger partial charge >= 0.3 is 0 Å². The van der Waals surface area contributed by atoms with Crippen molar-refractivity contribution in [2.45, 2.75) is 12.8 Å². The van der Waals surface area contributed by atoms with E-state index in [2.05, 4.69) is 10.3 Å². The zero-order chi connectivity index (χ0) is 19.5. The molecule has 0 saturated carbocycles. The molecule has 1 aromatic heterocycles. The van der Waals surface area contributed by atoms with E-state index in [4.69, 9.17) is 21.7 Å². The smallest absolute Gasteiger partial charge is 0.266 e. The summed E-state index contributed by atoms with van der Waals surface area (Å²) in [5.74, 6) is 1.08. The third kappa shape index (κ3) is 4.18.